The standard InChI is InChI=1S/C23H22F3N3O4S/c24-23(25,26)33-20-8-6-19(7-9-20)27-22(30)16-28-11-13-29(14-12-28)34(31,32)21-10-5-17-3-1-2-4-18(17)15-21/h1-10,15H,11-14,16H2,(H,27,30). The van der Waals surface area contributed by atoms with E-state index in [-0.39, 0.29) is 36.2 Å². The number of halogens is 3. The number of sulfonamides is 1. The van der Waals surface area contributed by atoms with Gasteiger partial charge in [-0.1, -0.05) is 30.3 Å². The van der Waals surface area contributed by atoms with Gasteiger partial charge in [0.2, 0.25) is 15.9 Å². The van der Waals surface area contributed by atoms with Gasteiger partial charge in [-0.05, 0) is 47.2 Å². The molecule has 3 aromatic rings. The number of hydrogen-bond donors (Lipinski definition) is 1. The molecule has 1 fully saturated rings. The van der Waals surface area contributed by atoms with E-state index in [0.717, 1.165) is 22.9 Å². The molecule has 4 rings (SSSR count). The molecule has 1 aliphatic heterocycles. The van der Waals surface area contributed by atoms with Crippen LogP contribution in [0.3, 0.4) is 0 Å². The number of amides is 1. The third-order valence-electron chi connectivity index (χ3n) is 5.43. The molecule has 1 aliphatic rings. The summed E-state index contributed by atoms with van der Waals surface area (Å²) in [5, 5.41) is 4.42. The number of anilines is 1. The largest absolute Gasteiger partial charge is 0.573 e. The summed E-state index contributed by atoms with van der Waals surface area (Å²) in [6.07, 6.45) is -4.78. The maximum atomic E-state index is 13.1. The normalized spacial score (nSPS) is 15.9. The first-order chi connectivity index (χ1) is 16.1. The van der Waals surface area contributed by atoms with Gasteiger partial charge in [0.05, 0.1) is 11.4 Å². The summed E-state index contributed by atoms with van der Waals surface area (Å²) in [5.74, 6) is -0.732. The molecule has 34 heavy (non-hydrogen) atoms. The van der Waals surface area contributed by atoms with Gasteiger partial charge >= 0.3 is 6.36 Å². The average molecular weight is 494 g/mol. The van der Waals surface area contributed by atoms with Crippen LogP contribution in [0.25, 0.3) is 10.8 Å². The van der Waals surface area contributed by atoms with Gasteiger partial charge in [-0.2, -0.15) is 4.31 Å². The summed E-state index contributed by atoms with van der Waals surface area (Å²) in [7, 11) is -3.66. The van der Waals surface area contributed by atoms with Gasteiger partial charge in [0, 0.05) is 31.9 Å². The molecule has 0 spiro atoms. The molecular formula is C23H22F3N3O4S. The minimum Gasteiger partial charge on any atom is -0.406 e. The van der Waals surface area contributed by atoms with Crippen LogP contribution < -0.4 is 10.1 Å². The molecule has 11 heteroatoms. The number of benzene rings is 3. The van der Waals surface area contributed by atoms with Crippen molar-refractivity contribution in [3.05, 3.63) is 66.7 Å². The minimum absolute atomic E-state index is 0.0324. The Kier molecular flexibility index (Phi) is 6.78. The lowest BCUT2D eigenvalue weighted by Crippen LogP contribution is -2.50. The van der Waals surface area contributed by atoms with Crippen molar-refractivity contribution < 1.29 is 31.1 Å². The van der Waals surface area contributed by atoms with Crippen molar-refractivity contribution in [2.24, 2.45) is 0 Å². The Labute approximate surface area is 194 Å². The van der Waals surface area contributed by atoms with Crippen molar-refractivity contribution in [1.82, 2.24) is 9.21 Å². The van der Waals surface area contributed by atoms with E-state index < -0.39 is 16.4 Å². The number of carbonyl (C=O) groups is 1. The van der Waals surface area contributed by atoms with Crippen LogP contribution in [0.4, 0.5) is 18.9 Å². The fraction of sp³-hybridized carbons (Fsp3) is 0.261. The molecule has 3 aromatic carbocycles. The zero-order valence-electron chi connectivity index (χ0n) is 18.0. The summed E-state index contributed by atoms with van der Waals surface area (Å²) in [4.78, 5) is 14.4. The molecule has 1 amide bonds. The van der Waals surface area contributed by atoms with Crippen LogP contribution in [-0.4, -0.2) is 62.6 Å². The number of rotatable bonds is 6. The predicted octanol–water partition coefficient (Wildman–Crippen LogP) is 3.68. The molecule has 0 atom stereocenters. The highest BCUT2D eigenvalue weighted by atomic mass is 32.2. The number of nitrogens with zero attached hydrogens (tertiary/aromatic N) is 2. The van der Waals surface area contributed by atoms with E-state index >= 15 is 0 Å². The molecule has 0 aromatic heterocycles. The zero-order valence-corrected chi connectivity index (χ0v) is 18.8. The molecule has 0 radical (unpaired) electrons. The van der Waals surface area contributed by atoms with E-state index in [1.807, 2.05) is 29.2 Å². The molecule has 1 heterocycles. The number of piperazine rings is 1. The molecule has 0 unspecified atom stereocenters. The second-order valence-electron chi connectivity index (χ2n) is 7.81. The lowest BCUT2D eigenvalue weighted by atomic mass is 10.1. The number of alkyl halides is 3. The van der Waals surface area contributed by atoms with Crippen molar-refractivity contribution in [3.63, 3.8) is 0 Å². The lowest BCUT2D eigenvalue weighted by molar-refractivity contribution is -0.274. The van der Waals surface area contributed by atoms with Crippen molar-refractivity contribution in [1.29, 1.82) is 0 Å². The second kappa shape index (κ2) is 9.61. The number of carbonyl (C=O) groups excluding carboxylic acids is 1. The number of fused-ring (bicyclic) bond motifs is 1. The molecule has 180 valence electrons. The first-order valence-electron chi connectivity index (χ1n) is 10.5. The Bertz CT molecular complexity index is 1270. The Balaban J connectivity index is 1.30. The van der Waals surface area contributed by atoms with E-state index in [1.165, 1.54) is 16.4 Å². The SMILES string of the molecule is O=C(CN1CCN(S(=O)(=O)c2ccc3ccccc3c2)CC1)Nc1ccc(OC(F)(F)F)cc1. The van der Waals surface area contributed by atoms with E-state index in [4.69, 9.17) is 0 Å². The average Bonchev–Trinajstić information content (AvgIpc) is 2.79. The van der Waals surface area contributed by atoms with Gasteiger partial charge in [-0.15, -0.1) is 13.2 Å². The summed E-state index contributed by atoms with van der Waals surface area (Å²) < 4.78 is 68.0. The highest BCUT2D eigenvalue weighted by molar-refractivity contribution is 7.89. The molecule has 1 N–H and O–H groups in total. The van der Waals surface area contributed by atoms with Crippen LogP contribution in [0.1, 0.15) is 0 Å². The van der Waals surface area contributed by atoms with Gasteiger partial charge in [-0.25, -0.2) is 8.42 Å². The van der Waals surface area contributed by atoms with Crippen molar-refractivity contribution in [2.75, 3.05) is 38.0 Å². The van der Waals surface area contributed by atoms with Crippen molar-refractivity contribution in [2.45, 2.75) is 11.3 Å². The van der Waals surface area contributed by atoms with E-state index in [2.05, 4.69) is 10.1 Å². The first kappa shape index (κ1) is 24.0. The zero-order chi connectivity index (χ0) is 24.3. The number of nitrogens with one attached hydrogen (secondary N) is 1. The lowest BCUT2D eigenvalue weighted by Gasteiger charge is -2.33. The monoisotopic (exact) mass is 493 g/mol. The minimum atomic E-state index is -4.78. The highest BCUT2D eigenvalue weighted by Gasteiger charge is 2.31. The quantitative estimate of drug-likeness (QED) is 0.567. The summed E-state index contributed by atoms with van der Waals surface area (Å²) in [5.41, 5.74) is 0.331. The Morgan fingerprint density at radius 3 is 2.21 bits per heavy atom. The number of ether oxygens (including phenoxy) is 1. The van der Waals surface area contributed by atoms with Crippen LogP contribution in [-0.2, 0) is 14.8 Å². The highest BCUT2D eigenvalue weighted by Crippen LogP contribution is 2.25. The summed E-state index contributed by atoms with van der Waals surface area (Å²) >= 11 is 0. The molecule has 0 bridgehead atoms. The molecule has 0 aliphatic carbocycles. The maximum Gasteiger partial charge on any atom is 0.573 e. The van der Waals surface area contributed by atoms with Gasteiger partial charge < -0.3 is 10.1 Å². The molecular weight excluding hydrogens is 471 g/mol. The van der Waals surface area contributed by atoms with Gasteiger partial charge in [0.15, 0.2) is 0 Å². The van der Waals surface area contributed by atoms with Gasteiger partial charge in [0.1, 0.15) is 5.75 Å². The van der Waals surface area contributed by atoms with Crippen LogP contribution >= 0.6 is 0 Å². The van der Waals surface area contributed by atoms with Crippen LogP contribution in [0, 0.1) is 0 Å². The Hall–Kier alpha value is -3.15. The van der Waals surface area contributed by atoms with Crippen molar-refractivity contribution in [3.8, 4) is 5.75 Å². The van der Waals surface area contributed by atoms with Crippen LogP contribution in [0.15, 0.2) is 71.6 Å². The van der Waals surface area contributed by atoms with E-state index in [1.54, 1.807) is 18.2 Å². The summed E-state index contributed by atoms with van der Waals surface area (Å²) in [6.45, 7) is 1.26. The van der Waals surface area contributed by atoms with Crippen LogP contribution in [0.2, 0.25) is 0 Å². The number of hydrogen-bond acceptors (Lipinski definition) is 5. The van der Waals surface area contributed by atoms with E-state index in [9.17, 15) is 26.4 Å². The van der Waals surface area contributed by atoms with Crippen molar-refractivity contribution >= 4 is 32.4 Å². The smallest absolute Gasteiger partial charge is 0.406 e. The van der Waals surface area contributed by atoms with Gasteiger partial charge in [0.25, 0.3) is 0 Å². The summed E-state index contributed by atoms with van der Waals surface area (Å²) in [6, 6.07) is 17.4. The predicted molar refractivity (Wildman–Crippen MR) is 121 cm³/mol. The fourth-order valence-corrected chi connectivity index (χ4v) is 5.21. The van der Waals surface area contributed by atoms with Gasteiger partial charge in [-0.3, -0.25) is 9.69 Å². The van der Waals surface area contributed by atoms with E-state index in [0.29, 0.717) is 18.8 Å². The third-order valence-corrected chi connectivity index (χ3v) is 7.32. The Morgan fingerprint density at radius 2 is 1.56 bits per heavy atom. The second-order valence-corrected chi connectivity index (χ2v) is 9.75. The fourth-order valence-electron chi connectivity index (χ4n) is 3.75. The topological polar surface area (TPSA) is 79.0 Å². The third kappa shape index (κ3) is 5.85. The maximum absolute atomic E-state index is 13.1. The molecule has 7 nitrogen and oxygen atoms in total. The Morgan fingerprint density at radius 1 is 0.912 bits per heavy atom. The molecule has 1 saturated heterocycles. The molecule has 0 saturated carbocycles. The first-order valence-corrected chi connectivity index (χ1v) is 11.9. The van der Waals surface area contributed by atoms with Crippen LogP contribution in [0.5, 0.6) is 5.75 Å².